The van der Waals surface area contributed by atoms with Crippen LogP contribution in [0.2, 0.25) is 0 Å². The summed E-state index contributed by atoms with van der Waals surface area (Å²) >= 11 is 11.1. The van der Waals surface area contributed by atoms with Crippen LogP contribution in [0.1, 0.15) is 26.7 Å². The van der Waals surface area contributed by atoms with Crippen molar-refractivity contribution in [2.24, 2.45) is 0 Å². The third-order valence-corrected chi connectivity index (χ3v) is 6.31. The van der Waals surface area contributed by atoms with Crippen LogP contribution < -0.4 is 0 Å². The first-order valence-electron chi connectivity index (χ1n) is 6.65. The summed E-state index contributed by atoms with van der Waals surface area (Å²) in [5, 5.41) is 11.3. The molecule has 0 aliphatic heterocycles. The Hall–Kier alpha value is -0.130. The molecule has 0 amide bonds. The Bertz CT molecular complexity index is 445. The van der Waals surface area contributed by atoms with Gasteiger partial charge in [0.2, 0.25) is 6.04 Å². The van der Waals surface area contributed by atoms with Gasteiger partial charge in [-0.1, -0.05) is 11.1 Å². The monoisotopic (exact) mass is 359 g/mol. The van der Waals surface area contributed by atoms with Crippen LogP contribution in [-0.4, -0.2) is 41.6 Å². The van der Waals surface area contributed by atoms with Gasteiger partial charge in [0.1, 0.15) is 5.66 Å². The minimum absolute atomic E-state index is 0.0177. The molecule has 0 aromatic heterocycles. The van der Waals surface area contributed by atoms with E-state index in [4.69, 9.17) is 32.2 Å². The van der Waals surface area contributed by atoms with Crippen molar-refractivity contribution in [1.29, 1.82) is 0 Å². The Morgan fingerprint density at radius 3 is 2.10 bits per heavy atom. The van der Waals surface area contributed by atoms with Gasteiger partial charge in [0.05, 0.1) is 13.2 Å². The molecule has 0 spiro atoms. The van der Waals surface area contributed by atoms with E-state index in [1.807, 2.05) is 13.8 Å². The van der Waals surface area contributed by atoms with Crippen molar-refractivity contribution < 1.29 is 18.5 Å². The molecule has 122 valence electrons. The van der Waals surface area contributed by atoms with Crippen molar-refractivity contribution >= 4 is 30.8 Å². The first-order chi connectivity index (χ1) is 9.85. The zero-order valence-electron chi connectivity index (χ0n) is 12.1. The summed E-state index contributed by atoms with van der Waals surface area (Å²) in [7, 11) is -3.65. The first kappa shape index (κ1) is 18.9. The number of halogens is 2. The second-order valence-electron chi connectivity index (χ2n) is 4.97. The van der Waals surface area contributed by atoms with Crippen molar-refractivity contribution in [3.8, 4) is 0 Å². The molecule has 0 aromatic carbocycles. The Morgan fingerprint density at radius 2 is 1.67 bits per heavy atom. The fourth-order valence-corrected chi connectivity index (χ4v) is 4.99. The van der Waals surface area contributed by atoms with Gasteiger partial charge in [0, 0.05) is 23.1 Å². The lowest BCUT2D eigenvalue weighted by Gasteiger charge is -2.32. The summed E-state index contributed by atoms with van der Waals surface area (Å²) in [6.45, 7) is 3.77. The van der Waals surface area contributed by atoms with Crippen molar-refractivity contribution in [2.75, 3.05) is 25.0 Å². The van der Waals surface area contributed by atoms with Crippen molar-refractivity contribution in [2.45, 2.75) is 38.4 Å². The SMILES string of the molecule is CC1=C(C)CC(P(=O)(OCCCl)OCCCl)C([N+](=O)[O-])C1. The summed E-state index contributed by atoms with van der Waals surface area (Å²) in [4.78, 5) is 10.9. The summed E-state index contributed by atoms with van der Waals surface area (Å²) in [5.74, 6) is 0.274. The molecule has 1 rings (SSSR count). The number of hydrogen-bond acceptors (Lipinski definition) is 5. The molecule has 0 saturated heterocycles. The summed E-state index contributed by atoms with van der Waals surface area (Å²) < 4.78 is 23.6. The molecule has 9 heteroatoms. The highest BCUT2D eigenvalue weighted by Crippen LogP contribution is 2.58. The van der Waals surface area contributed by atoms with Gasteiger partial charge in [-0.05, 0) is 20.3 Å². The van der Waals surface area contributed by atoms with E-state index in [0.29, 0.717) is 6.42 Å². The number of rotatable bonds is 8. The van der Waals surface area contributed by atoms with Crippen LogP contribution in [0.5, 0.6) is 0 Å². The molecular formula is C12H20Cl2NO5P. The van der Waals surface area contributed by atoms with Crippen molar-refractivity contribution in [3.63, 3.8) is 0 Å². The van der Waals surface area contributed by atoms with E-state index in [1.54, 1.807) is 0 Å². The Kier molecular flexibility index (Phi) is 7.65. The molecule has 0 radical (unpaired) electrons. The number of hydrogen-bond donors (Lipinski definition) is 0. The van der Waals surface area contributed by atoms with E-state index in [2.05, 4.69) is 0 Å². The molecule has 0 bridgehead atoms. The predicted octanol–water partition coefficient (Wildman–Crippen LogP) is 3.83. The van der Waals surface area contributed by atoms with Crippen molar-refractivity contribution in [3.05, 3.63) is 21.3 Å². The number of nitro groups is 1. The van der Waals surface area contributed by atoms with Gasteiger partial charge in [0.25, 0.3) is 0 Å². The fourth-order valence-electron chi connectivity index (χ4n) is 2.34. The zero-order chi connectivity index (χ0) is 16.0. The molecule has 1 aliphatic rings. The maximum absolute atomic E-state index is 13.0. The van der Waals surface area contributed by atoms with Gasteiger partial charge < -0.3 is 9.05 Å². The van der Waals surface area contributed by atoms with Crippen molar-refractivity contribution in [1.82, 2.24) is 0 Å². The van der Waals surface area contributed by atoms with E-state index in [0.717, 1.165) is 11.1 Å². The molecule has 0 saturated carbocycles. The molecule has 21 heavy (non-hydrogen) atoms. The minimum atomic E-state index is -3.65. The average molecular weight is 360 g/mol. The zero-order valence-corrected chi connectivity index (χ0v) is 14.5. The van der Waals surface area contributed by atoms with Crippen LogP contribution in [0, 0.1) is 10.1 Å². The predicted molar refractivity (Wildman–Crippen MR) is 83.1 cm³/mol. The molecule has 2 atom stereocenters. The topological polar surface area (TPSA) is 78.7 Å². The lowest BCUT2D eigenvalue weighted by atomic mass is 9.90. The summed E-state index contributed by atoms with van der Waals surface area (Å²) in [6, 6.07) is -0.981. The molecule has 0 N–H and O–H groups in total. The quantitative estimate of drug-likeness (QED) is 0.216. The molecule has 1 aliphatic carbocycles. The third kappa shape index (κ3) is 4.93. The van der Waals surface area contributed by atoms with Gasteiger partial charge in [-0.2, -0.15) is 0 Å². The molecule has 0 fully saturated rings. The number of allylic oxidation sites excluding steroid dienone is 1. The third-order valence-electron chi connectivity index (χ3n) is 3.58. The van der Waals surface area contributed by atoms with E-state index in [1.165, 1.54) is 0 Å². The van der Waals surface area contributed by atoms with Gasteiger partial charge in [-0.25, -0.2) is 0 Å². The highest BCUT2D eigenvalue weighted by atomic mass is 35.5. The van der Waals surface area contributed by atoms with Gasteiger partial charge in [0.15, 0.2) is 0 Å². The molecule has 2 unspecified atom stereocenters. The largest absolute Gasteiger partial charge is 0.341 e. The van der Waals surface area contributed by atoms with Gasteiger partial charge >= 0.3 is 7.60 Å². The van der Waals surface area contributed by atoms with Crippen LogP contribution in [0.3, 0.4) is 0 Å². The summed E-state index contributed by atoms with van der Waals surface area (Å²) in [6.07, 6.45) is 0.571. The second-order valence-corrected chi connectivity index (χ2v) is 7.99. The average Bonchev–Trinajstić information content (AvgIpc) is 2.45. The van der Waals surface area contributed by atoms with E-state index < -0.39 is 24.2 Å². The Labute approximate surface area is 134 Å². The van der Waals surface area contributed by atoms with Gasteiger partial charge in [-0.3, -0.25) is 14.7 Å². The van der Waals surface area contributed by atoms with Crippen LogP contribution in [0.15, 0.2) is 11.1 Å². The van der Waals surface area contributed by atoms with Crippen LogP contribution in [0.4, 0.5) is 0 Å². The van der Waals surface area contributed by atoms with Crippen LogP contribution in [0.25, 0.3) is 0 Å². The maximum Gasteiger partial charge on any atom is 0.341 e. The van der Waals surface area contributed by atoms with Gasteiger partial charge in [-0.15, -0.1) is 23.2 Å². The van der Waals surface area contributed by atoms with E-state index in [9.17, 15) is 14.7 Å². The lowest BCUT2D eigenvalue weighted by molar-refractivity contribution is -0.522. The second kappa shape index (κ2) is 8.49. The van der Waals surface area contributed by atoms with E-state index in [-0.39, 0.29) is 31.4 Å². The summed E-state index contributed by atoms with van der Waals surface area (Å²) in [5.41, 5.74) is 1.14. The molecular weight excluding hydrogens is 340 g/mol. The standard InChI is InChI=1S/C12H20Cl2NO5P/c1-9-7-11(15(16)17)12(8-10(9)2)21(18,19-5-3-13)20-6-4-14/h11-12H,3-8H2,1-2H3. The number of alkyl halides is 2. The molecule has 0 aromatic rings. The number of nitrogens with zero attached hydrogens (tertiary/aromatic N) is 1. The highest BCUT2D eigenvalue weighted by Gasteiger charge is 2.49. The van der Waals surface area contributed by atoms with Crippen LogP contribution >= 0.6 is 30.8 Å². The van der Waals surface area contributed by atoms with E-state index >= 15 is 0 Å². The fraction of sp³-hybridized carbons (Fsp3) is 0.833. The Balaban J connectivity index is 3.07. The Morgan fingerprint density at radius 1 is 1.19 bits per heavy atom. The first-order valence-corrected chi connectivity index (χ1v) is 9.33. The minimum Gasteiger partial charge on any atom is -0.307 e. The maximum atomic E-state index is 13.0. The smallest absolute Gasteiger partial charge is 0.307 e. The molecule has 0 heterocycles. The van der Waals surface area contributed by atoms with Crippen LogP contribution in [-0.2, 0) is 13.6 Å². The lowest BCUT2D eigenvalue weighted by Crippen LogP contribution is -2.38. The highest BCUT2D eigenvalue weighted by molar-refractivity contribution is 7.54. The normalized spacial score (nSPS) is 23.4. The molecule has 6 nitrogen and oxygen atoms in total.